The average Bonchev–Trinajstić information content (AvgIpc) is 3.04. The van der Waals surface area contributed by atoms with Crippen LogP contribution >= 0.6 is 11.8 Å². The molecule has 0 saturated heterocycles. The van der Waals surface area contributed by atoms with Crippen molar-refractivity contribution < 1.29 is 14.7 Å². The Bertz CT molecular complexity index is 1150. The zero-order chi connectivity index (χ0) is 23.2. The van der Waals surface area contributed by atoms with Crippen LogP contribution in [0.3, 0.4) is 0 Å². The molecular weight excluding hydrogens is 430 g/mol. The van der Waals surface area contributed by atoms with E-state index in [2.05, 4.69) is 25.1 Å². The Kier molecular flexibility index (Phi) is 4.62. The highest BCUT2D eigenvalue weighted by Crippen LogP contribution is 2.74. The highest BCUT2D eigenvalue weighted by atomic mass is 32.2. The Balaban J connectivity index is 1.55. The average molecular weight is 462 g/mol. The van der Waals surface area contributed by atoms with E-state index in [1.807, 2.05) is 23.9 Å². The summed E-state index contributed by atoms with van der Waals surface area (Å²) in [5.41, 5.74) is 2.12. The Hall–Kier alpha value is -1.90. The first-order chi connectivity index (χ1) is 15.7. The van der Waals surface area contributed by atoms with Gasteiger partial charge in [0.05, 0.1) is 18.1 Å². The van der Waals surface area contributed by atoms with Crippen molar-refractivity contribution in [2.45, 2.75) is 86.4 Å². The van der Waals surface area contributed by atoms with E-state index in [1.54, 1.807) is 6.92 Å². The molecular formula is C28H31NO3S. The number of hydrogen-bond donors (Lipinski definition) is 1. The quantitative estimate of drug-likeness (QED) is 0.580. The highest BCUT2D eigenvalue weighted by Gasteiger charge is 2.68. The van der Waals surface area contributed by atoms with Crippen molar-refractivity contribution in [1.82, 2.24) is 0 Å². The Labute approximate surface area is 199 Å². The summed E-state index contributed by atoms with van der Waals surface area (Å²) < 4.78 is -0.0822. The molecule has 0 amide bonds. The maximum atomic E-state index is 12.4. The van der Waals surface area contributed by atoms with E-state index in [0.29, 0.717) is 30.6 Å². The molecule has 1 aromatic rings. The first kappa shape index (κ1) is 21.6. The minimum Gasteiger partial charge on any atom is -0.388 e. The van der Waals surface area contributed by atoms with Gasteiger partial charge in [-0.05, 0) is 92.4 Å². The molecule has 5 heteroatoms. The number of fused-ring (bicyclic) bond motifs is 4. The second kappa shape index (κ2) is 7.06. The van der Waals surface area contributed by atoms with Crippen LogP contribution in [0.1, 0.15) is 87.1 Å². The zero-order valence-electron chi connectivity index (χ0n) is 19.4. The number of aliphatic hydroxyl groups is 1. The Morgan fingerprint density at radius 3 is 2.85 bits per heavy atom. The van der Waals surface area contributed by atoms with E-state index >= 15 is 0 Å². The number of carbonyl (C=O) groups excluding carboxylic acids is 2. The summed E-state index contributed by atoms with van der Waals surface area (Å²) in [5.74, 6) is 1.93. The number of thioether (sulfide) groups is 1. The van der Waals surface area contributed by atoms with Crippen LogP contribution in [0.15, 0.2) is 34.7 Å². The molecule has 0 unspecified atom stereocenters. The van der Waals surface area contributed by atoms with Crippen molar-refractivity contribution in [1.29, 1.82) is 5.26 Å². The lowest BCUT2D eigenvalue weighted by Gasteiger charge is -2.64. The molecule has 0 aromatic heterocycles. The van der Waals surface area contributed by atoms with Gasteiger partial charge in [0.1, 0.15) is 0 Å². The maximum Gasteiger partial charge on any atom is 0.159 e. The first-order valence-electron chi connectivity index (χ1n) is 12.4. The number of Topliss-reactive ketones (excluding diaryl/α,β-unsaturated/α-hetero) is 1. The number of benzene rings is 1. The molecule has 3 saturated carbocycles. The van der Waals surface area contributed by atoms with Crippen LogP contribution in [0.4, 0.5) is 0 Å². The van der Waals surface area contributed by atoms with Crippen molar-refractivity contribution in [2.24, 2.45) is 23.2 Å². The molecule has 1 aliphatic heterocycles. The SMILES string of the molecule is CC(=O)c1ccc2c(c1)S[C@]13CCC(=O)C=C1CC[C@@H]1[C@@H]3[C@@H]2C[C@@]2(C)[C@H]1CC[C@@]2(O)CC#N. The molecule has 0 radical (unpaired) electrons. The molecule has 6 rings (SSSR count). The fourth-order valence-electron chi connectivity index (χ4n) is 8.65. The van der Waals surface area contributed by atoms with Gasteiger partial charge < -0.3 is 5.11 Å². The van der Waals surface area contributed by atoms with E-state index in [9.17, 15) is 20.0 Å². The summed E-state index contributed by atoms with van der Waals surface area (Å²) in [6, 6.07) is 8.47. The topological polar surface area (TPSA) is 78.2 Å². The monoisotopic (exact) mass is 461 g/mol. The third-order valence-corrected chi connectivity index (χ3v) is 11.9. The van der Waals surface area contributed by atoms with E-state index in [0.717, 1.165) is 37.7 Å². The van der Waals surface area contributed by atoms with Crippen LogP contribution in [0, 0.1) is 34.5 Å². The number of nitrogens with zero attached hydrogens (tertiary/aromatic N) is 1. The molecule has 5 aliphatic rings. The molecule has 7 atom stereocenters. The molecule has 1 N–H and O–H groups in total. The standard InChI is InChI=1S/C28H31NO3S/c1-16(30)17-3-5-20-22-15-26(2)23(8-9-27(26,32)11-12-29)21-6-4-18-14-19(31)7-10-28(18,25(21)22)33-24(20)13-17/h3,5,13-14,21-23,25,32H,4,6-11,15H2,1-2H3/t21-,22+,23-,25+,26-,27+,28+/m0/s1. The summed E-state index contributed by atoms with van der Waals surface area (Å²) in [6.07, 6.45) is 8.16. The molecule has 1 heterocycles. The minimum absolute atomic E-state index is 0.0731. The van der Waals surface area contributed by atoms with E-state index in [-0.39, 0.29) is 34.1 Å². The van der Waals surface area contributed by atoms with Crippen molar-refractivity contribution in [2.75, 3.05) is 0 Å². The predicted octanol–water partition coefficient (Wildman–Crippen LogP) is 5.60. The molecule has 172 valence electrons. The van der Waals surface area contributed by atoms with Crippen molar-refractivity contribution in [3.63, 3.8) is 0 Å². The molecule has 4 aliphatic carbocycles. The molecule has 33 heavy (non-hydrogen) atoms. The van der Waals surface area contributed by atoms with Gasteiger partial charge in [-0.2, -0.15) is 5.26 Å². The highest BCUT2D eigenvalue weighted by molar-refractivity contribution is 8.01. The maximum absolute atomic E-state index is 12.4. The van der Waals surface area contributed by atoms with Gasteiger partial charge in [-0.25, -0.2) is 0 Å². The van der Waals surface area contributed by atoms with Crippen LogP contribution in [0.25, 0.3) is 0 Å². The molecule has 0 bridgehead atoms. The summed E-state index contributed by atoms with van der Waals surface area (Å²) in [4.78, 5) is 25.8. The lowest BCUT2D eigenvalue weighted by molar-refractivity contribution is -0.123. The van der Waals surface area contributed by atoms with Gasteiger partial charge in [0, 0.05) is 27.0 Å². The van der Waals surface area contributed by atoms with Crippen LogP contribution < -0.4 is 0 Å². The van der Waals surface area contributed by atoms with Gasteiger partial charge in [0.15, 0.2) is 11.6 Å². The van der Waals surface area contributed by atoms with Gasteiger partial charge in [0.25, 0.3) is 0 Å². The van der Waals surface area contributed by atoms with Crippen LogP contribution in [0.5, 0.6) is 0 Å². The predicted molar refractivity (Wildman–Crippen MR) is 127 cm³/mol. The number of rotatable bonds is 2. The smallest absolute Gasteiger partial charge is 0.159 e. The summed E-state index contributed by atoms with van der Waals surface area (Å²) in [6.45, 7) is 3.86. The van der Waals surface area contributed by atoms with E-state index in [1.165, 1.54) is 16.0 Å². The second-order valence-electron chi connectivity index (χ2n) is 11.4. The minimum atomic E-state index is -0.937. The van der Waals surface area contributed by atoms with Crippen molar-refractivity contribution in [3.05, 3.63) is 41.0 Å². The van der Waals surface area contributed by atoms with Crippen molar-refractivity contribution in [3.8, 4) is 6.07 Å². The summed E-state index contributed by atoms with van der Waals surface area (Å²) in [5, 5.41) is 21.3. The van der Waals surface area contributed by atoms with Crippen LogP contribution in [0.2, 0.25) is 0 Å². The summed E-state index contributed by atoms with van der Waals surface area (Å²) >= 11 is 1.92. The van der Waals surface area contributed by atoms with Gasteiger partial charge in [0.2, 0.25) is 0 Å². The van der Waals surface area contributed by atoms with Gasteiger partial charge in [-0.1, -0.05) is 19.1 Å². The van der Waals surface area contributed by atoms with Crippen molar-refractivity contribution >= 4 is 23.3 Å². The largest absolute Gasteiger partial charge is 0.388 e. The second-order valence-corrected chi connectivity index (χ2v) is 12.8. The lowest BCUT2D eigenvalue weighted by atomic mass is 9.46. The first-order valence-corrected chi connectivity index (χ1v) is 13.2. The molecule has 4 nitrogen and oxygen atoms in total. The lowest BCUT2D eigenvalue weighted by Crippen LogP contribution is -2.60. The Morgan fingerprint density at radius 1 is 1.27 bits per heavy atom. The van der Waals surface area contributed by atoms with E-state index < -0.39 is 5.60 Å². The fraction of sp³-hybridized carbons (Fsp3) is 0.607. The van der Waals surface area contributed by atoms with E-state index in [4.69, 9.17) is 0 Å². The number of ketones is 2. The molecule has 3 fully saturated rings. The zero-order valence-corrected chi connectivity index (χ0v) is 20.2. The number of hydrogen-bond acceptors (Lipinski definition) is 5. The number of nitriles is 1. The number of carbonyl (C=O) groups is 2. The molecule has 1 aromatic carbocycles. The normalized spacial score (nSPS) is 42.8. The third kappa shape index (κ3) is 2.74. The third-order valence-electron chi connectivity index (χ3n) is 10.2. The van der Waals surface area contributed by atoms with Crippen LogP contribution in [-0.2, 0) is 4.79 Å². The fourth-order valence-corrected chi connectivity index (χ4v) is 10.5. The van der Waals surface area contributed by atoms with Gasteiger partial charge in [-0.3, -0.25) is 9.59 Å². The summed E-state index contributed by atoms with van der Waals surface area (Å²) in [7, 11) is 0. The van der Waals surface area contributed by atoms with Gasteiger partial charge >= 0.3 is 0 Å². The molecule has 1 spiro atoms. The van der Waals surface area contributed by atoms with Gasteiger partial charge in [-0.15, -0.1) is 11.8 Å². The Morgan fingerprint density at radius 2 is 2.09 bits per heavy atom. The van der Waals surface area contributed by atoms with Crippen LogP contribution in [-0.4, -0.2) is 27.0 Å².